The fourth-order valence-corrected chi connectivity index (χ4v) is 2.91. The molecule has 0 radical (unpaired) electrons. The number of hydrogen-bond acceptors (Lipinski definition) is 3. The second-order valence-electron chi connectivity index (χ2n) is 4.76. The lowest BCUT2D eigenvalue weighted by Crippen LogP contribution is -1.94. The molecular formula is C13H15BrN4. The standard InChI is InChI=1S/C13H15BrN4/c14-11-6-5-9(15)7-10(11)13-16-12(17-18-13)8-3-1-2-4-8/h5-8H,1-4,15H2,(H,16,17,18). The number of nitrogens with zero attached hydrogens (tertiary/aromatic N) is 2. The van der Waals surface area contributed by atoms with Crippen LogP contribution in [0.5, 0.6) is 0 Å². The van der Waals surface area contributed by atoms with E-state index in [-0.39, 0.29) is 0 Å². The number of rotatable bonds is 2. The third-order valence-corrected chi connectivity index (χ3v) is 4.17. The van der Waals surface area contributed by atoms with Crippen molar-refractivity contribution in [3.63, 3.8) is 0 Å². The van der Waals surface area contributed by atoms with Crippen molar-refractivity contribution < 1.29 is 0 Å². The number of benzene rings is 1. The number of halogens is 1. The molecule has 1 aliphatic rings. The van der Waals surface area contributed by atoms with E-state index in [1.165, 1.54) is 25.7 Å². The van der Waals surface area contributed by atoms with E-state index in [1.807, 2.05) is 18.2 Å². The van der Waals surface area contributed by atoms with Gasteiger partial charge >= 0.3 is 0 Å². The summed E-state index contributed by atoms with van der Waals surface area (Å²) in [6, 6.07) is 5.68. The first-order valence-corrected chi connectivity index (χ1v) is 7.01. The van der Waals surface area contributed by atoms with Crippen LogP contribution >= 0.6 is 15.9 Å². The maximum Gasteiger partial charge on any atom is 0.182 e. The SMILES string of the molecule is Nc1ccc(Br)c(-c2n[nH]c(C3CCCC3)n2)c1. The van der Waals surface area contributed by atoms with Crippen LogP contribution < -0.4 is 5.73 Å². The van der Waals surface area contributed by atoms with E-state index in [4.69, 9.17) is 5.73 Å². The van der Waals surface area contributed by atoms with Crippen LogP contribution in [-0.2, 0) is 0 Å². The summed E-state index contributed by atoms with van der Waals surface area (Å²) in [4.78, 5) is 4.61. The normalized spacial score (nSPS) is 16.3. The van der Waals surface area contributed by atoms with Gasteiger partial charge in [0.05, 0.1) is 0 Å². The minimum absolute atomic E-state index is 0.547. The van der Waals surface area contributed by atoms with Crippen molar-refractivity contribution in [2.24, 2.45) is 0 Å². The smallest absolute Gasteiger partial charge is 0.182 e. The molecule has 1 aliphatic carbocycles. The van der Waals surface area contributed by atoms with Gasteiger partial charge in [-0.1, -0.05) is 28.8 Å². The van der Waals surface area contributed by atoms with Gasteiger partial charge in [-0.2, -0.15) is 5.10 Å². The largest absolute Gasteiger partial charge is 0.399 e. The van der Waals surface area contributed by atoms with E-state index < -0.39 is 0 Å². The summed E-state index contributed by atoms with van der Waals surface area (Å²) < 4.78 is 0.966. The van der Waals surface area contributed by atoms with Gasteiger partial charge in [0.25, 0.3) is 0 Å². The first-order chi connectivity index (χ1) is 8.74. The van der Waals surface area contributed by atoms with Crippen LogP contribution in [0.3, 0.4) is 0 Å². The molecule has 3 N–H and O–H groups in total. The molecule has 0 unspecified atom stereocenters. The third-order valence-electron chi connectivity index (χ3n) is 3.48. The number of aromatic amines is 1. The lowest BCUT2D eigenvalue weighted by Gasteiger charge is -2.03. The van der Waals surface area contributed by atoms with Gasteiger partial charge in [0.15, 0.2) is 5.82 Å². The average molecular weight is 307 g/mol. The van der Waals surface area contributed by atoms with E-state index in [9.17, 15) is 0 Å². The van der Waals surface area contributed by atoms with Gasteiger partial charge in [-0.3, -0.25) is 5.10 Å². The van der Waals surface area contributed by atoms with Gasteiger partial charge in [0.2, 0.25) is 0 Å². The number of nitrogen functional groups attached to an aromatic ring is 1. The van der Waals surface area contributed by atoms with E-state index in [0.29, 0.717) is 5.92 Å². The molecular weight excluding hydrogens is 292 g/mol. The van der Waals surface area contributed by atoms with Gasteiger partial charge in [0, 0.05) is 21.6 Å². The Morgan fingerprint density at radius 2 is 2.06 bits per heavy atom. The Hall–Kier alpha value is -1.36. The van der Waals surface area contributed by atoms with Crippen molar-refractivity contribution >= 4 is 21.6 Å². The van der Waals surface area contributed by atoms with Crippen molar-refractivity contribution in [1.82, 2.24) is 15.2 Å². The van der Waals surface area contributed by atoms with Crippen molar-refractivity contribution in [3.05, 3.63) is 28.5 Å². The molecule has 0 spiro atoms. The third kappa shape index (κ3) is 2.14. The quantitative estimate of drug-likeness (QED) is 0.835. The number of hydrogen-bond donors (Lipinski definition) is 2. The summed E-state index contributed by atoms with van der Waals surface area (Å²) in [7, 11) is 0. The Kier molecular flexibility index (Phi) is 3.07. The lowest BCUT2D eigenvalue weighted by atomic mass is 10.1. The Morgan fingerprint density at radius 3 is 2.83 bits per heavy atom. The van der Waals surface area contributed by atoms with E-state index in [2.05, 4.69) is 31.1 Å². The lowest BCUT2D eigenvalue weighted by molar-refractivity contribution is 0.672. The molecule has 1 heterocycles. The van der Waals surface area contributed by atoms with E-state index in [1.54, 1.807) is 0 Å². The van der Waals surface area contributed by atoms with Crippen LogP contribution in [0.2, 0.25) is 0 Å². The molecule has 0 saturated heterocycles. The molecule has 1 aromatic heterocycles. The number of anilines is 1. The number of H-pyrrole nitrogens is 1. The van der Waals surface area contributed by atoms with Gasteiger partial charge in [-0.15, -0.1) is 0 Å². The molecule has 0 bridgehead atoms. The number of aromatic nitrogens is 3. The Bertz CT molecular complexity index is 558. The summed E-state index contributed by atoms with van der Waals surface area (Å²) in [6.45, 7) is 0. The highest BCUT2D eigenvalue weighted by Gasteiger charge is 2.21. The molecule has 1 saturated carbocycles. The average Bonchev–Trinajstić information content (AvgIpc) is 3.00. The maximum atomic E-state index is 5.81. The molecule has 1 aromatic carbocycles. The van der Waals surface area contributed by atoms with Crippen LogP contribution in [-0.4, -0.2) is 15.2 Å². The van der Waals surface area contributed by atoms with Crippen molar-refractivity contribution in [2.75, 3.05) is 5.73 Å². The summed E-state index contributed by atoms with van der Waals surface area (Å²) in [5.74, 6) is 2.28. The van der Waals surface area contributed by atoms with Crippen molar-refractivity contribution in [2.45, 2.75) is 31.6 Å². The van der Waals surface area contributed by atoms with Crippen LogP contribution in [0.15, 0.2) is 22.7 Å². The number of nitrogens with two attached hydrogens (primary N) is 1. The van der Waals surface area contributed by atoms with Crippen LogP contribution in [0.25, 0.3) is 11.4 Å². The maximum absolute atomic E-state index is 5.81. The highest BCUT2D eigenvalue weighted by molar-refractivity contribution is 9.10. The Morgan fingerprint density at radius 1 is 1.28 bits per heavy atom. The Balaban J connectivity index is 1.94. The monoisotopic (exact) mass is 306 g/mol. The van der Waals surface area contributed by atoms with E-state index >= 15 is 0 Å². The number of nitrogens with one attached hydrogen (secondary N) is 1. The van der Waals surface area contributed by atoms with Gasteiger partial charge in [-0.25, -0.2) is 4.98 Å². The predicted octanol–water partition coefficient (Wildman–Crippen LogP) is 3.47. The minimum atomic E-state index is 0.547. The molecule has 94 valence electrons. The predicted molar refractivity (Wildman–Crippen MR) is 75.1 cm³/mol. The molecule has 0 aliphatic heterocycles. The zero-order valence-electron chi connectivity index (χ0n) is 9.99. The van der Waals surface area contributed by atoms with E-state index in [0.717, 1.165) is 27.4 Å². The summed E-state index contributed by atoms with van der Waals surface area (Å²) >= 11 is 3.51. The Labute approximate surface area is 114 Å². The molecule has 1 fully saturated rings. The van der Waals surface area contributed by atoms with Gasteiger partial charge in [-0.05, 0) is 31.0 Å². The molecule has 5 heteroatoms. The topological polar surface area (TPSA) is 67.6 Å². The van der Waals surface area contributed by atoms with Crippen molar-refractivity contribution in [3.8, 4) is 11.4 Å². The molecule has 3 rings (SSSR count). The van der Waals surface area contributed by atoms with Crippen LogP contribution in [0.1, 0.15) is 37.4 Å². The highest BCUT2D eigenvalue weighted by atomic mass is 79.9. The van der Waals surface area contributed by atoms with Crippen LogP contribution in [0, 0.1) is 0 Å². The first-order valence-electron chi connectivity index (χ1n) is 6.22. The fourth-order valence-electron chi connectivity index (χ4n) is 2.49. The zero-order valence-corrected chi connectivity index (χ0v) is 11.6. The fraction of sp³-hybridized carbons (Fsp3) is 0.385. The van der Waals surface area contributed by atoms with Gasteiger partial charge in [0.1, 0.15) is 5.82 Å². The molecule has 4 nitrogen and oxygen atoms in total. The second kappa shape index (κ2) is 4.72. The zero-order chi connectivity index (χ0) is 12.5. The van der Waals surface area contributed by atoms with Crippen LogP contribution in [0.4, 0.5) is 5.69 Å². The summed E-state index contributed by atoms with van der Waals surface area (Å²) in [5, 5.41) is 7.38. The molecule has 2 aromatic rings. The highest BCUT2D eigenvalue weighted by Crippen LogP contribution is 2.34. The first kappa shape index (κ1) is 11.7. The van der Waals surface area contributed by atoms with Gasteiger partial charge < -0.3 is 5.73 Å². The second-order valence-corrected chi connectivity index (χ2v) is 5.62. The minimum Gasteiger partial charge on any atom is -0.399 e. The molecule has 18 heavy (non-hydrogen) atoms. The van der Waals surface area contributed by atoms with Crippen molar-refractivity contribution in [1.29, 1.82) is 0 Å². The summed E-state index contributed by atoms with van der Waals surface area (Å²) in [5.41, 5.74) is 7.47. The summed E-state index contributed by atoms with van der Waals surface area (Å²) in [6.07, 6.45) is 5.02. The molecule has 0 amide bonds. The molecule has 0 atom stereocenters.